The molecule has 0 aliphatic rings. The van der Waals surface area contributed by atoms with E-state index in [1.807, 2.05) is 24.3 Å². The van der Waals surface area contributed by atoms with E-state index in [0.717, 1.165) is 5.56 Å². The number of anilines is 1. The maximum Gasteiger partial charge on any atom is 0.356 e. The van der Waals surface area contributed by atoms with Gasteiger partial charge in [0.05, 0.1) is 7.11 Å². The molecule has 2 N–H and O–H groups in total. The number of aromatic nitrogens is 1. The van der Waals surface area contributed by atoms with Crippen molar-refractivity contribution in [1.29, 1.82) is 0 Å². The van der Waals surface area contributed by atoms with E-state index in [0.29, 0.717) is 18.0 Å². The summed E-state index contributed by atoms with van der Waals surface area (Å²) in [7, 11) is 1.31. The molecule has 0 fully saturated rings. The summed E-state index contributed by atoms with van der Waals surface area (Å²) in [5.41, 5.74) is 7.52. The van der Waals surface area contributed by atoms with Crippen LogP contribution in [0.25, 0.3) is 0 Å². The Hall–Kier alpha value is -2.56. The third-order valence-electron chi connectivity index (χ3n) is 2.51. The molecule has 0 unspecified atom stereocenters. The third kappa shape index (κ3) is 3.45. The van der Waals surface area contributed by atoms with Crippen molar-refractivity contribution in [3.8, 4) is 5.75 Å². The van der Waals surface area contributed by atoms with Gasteiger partial charge >= 0.3 is 5.97 Å². The Morgan fingerprint density at radius 2 is 2.00 bits per heavy atom. The van der Waals surface area contributed by atoms with Crippen LogP contribution >= 0.6 is 0 Å². The SMILES string of the molecule is COC(=O)c1cc(OCc2ccc(N)cc2)ccn1. The maximum atomic E-state index is 11.3. The predicted octanol–water partition coefficient (Wildman–Crippen LogP) is 2.03. The molecule has 5 heteroatoms. The van der Waals surface area contributed by atoms with E-state index in [1.165, 1.54) is 13.3 Å². The highest BCUT2D eigenvalue weighted by Crippen LogP contribution is 2.14. The summed E-state index contributed by atoms with van der Waals surface area (Å²) in [4.78, 5) is 15.2. The van der Waals surface area contributed by atoms with Gasteiger partial charge < -0.3 is 15.2 Å². The lowest BCUT2D eigenvalue weighted by molar-refractivity contribution is 0.0593. The molecule has 2 aromatic rings. The van der Waals surface area contributed by atoms with Crippen LogP contribution in [-0.2, 0) is 11.3 Å². The number of nitrogens with zero attached hydrogens (tertiary/aromatic N) is 1. The average molecular weight is 258 g/mol. The van der Waals surface area contributed by atoms with E-state index in [2.05, 4.69) is 9.72 Å². The summed E-state index contributed by atoms with van der Waals surface area (Å²) in [5, 5.41) is 0. The highest BCUT2D eigenvalue weighted by Gasteiger charge is 2.07. The minimum Gasteiger partial charge on any atom is -0.489 e. The molecular weight excluding hydrogens is 244 g/mol. The van der Waals surface area contributed by atoms with Crippen LogP contribution in [0.5, 0.6) is 5.75 Å². The molecule has 0 saturated heterocycles. The van der Waals surface area contributed by atoms with Crippen LogP contribution in [-0.4, -0.2) is 18.1 Å². The van der Waals surface area contributed by atoms with Crippen molar-refractivity contribution in [2.45, 2.75) is 6.61 Å². The number of nitrogen functional groups attached to an aromatic ring is 1. The van der Waals surface area contributed by atoms with E-state index >= 15 is 0 Å². The molecular formula is C14H14N2O3. The molecule has 0 saturated carbocycles. The van der Waals surface area contributed by atoms with Crippen molar-refractivity contribution in [3.63, 3.8) is 0 Å². The highest BCUT2D eigenvalue weighted by atomic mass is 16.5. The monoisotopic (exact) mass is 258 g/mol. The standard InChI is InChI=1S/C14H14N2O3/c1-18-14(17)13-8-12(6-7-16-13)19-9-10-2-4-11(15)5-3-10/h2-8H,9,15H2,1H3. The molecule has 0 amide bonds. The first-order chi connectivity index (χ1) is 9.19. The Labute approximate surface area is 111 Å². The topological polar surface area (TPSA) is 74.4 Å². The zero-order valence-corrected chi connectivity index (χ0v) is 10.5. The molecule has 19 heavy (non-hydrogen) atoms. The third-order valence-corrected chi connectivity index (χ3v) is 2.51. The molecule has 0 atom stereocenters. The van der Waals surface area contributed by atoms with Gasteiger partial charge in [-0.2, -0.15) is 0 Å². The van der Waals surface area contributed by atoms with Crippen molar-refractivity contribution in [2.75, 3.05) is 12.8 Å². The number of ether oxygens (including phenoxy) is 2. The molecule has 98 valence electrons. The highest BCUT2D eigenvalue weighted by molar-refractivity contribution is 5.87. The molecule has 1 aromatic carbocycles. The zero-order chi connectivity index (χ0) is 13.7. The summed E-state index contributed by atoms with van der Waals surface area (Å²) in [5.74, 6) is 0.0742. The summed E-state index contributed by atoms with van der Waals surface area (Å²) in [6, 6.07) is 10.6. The minimum absolute atomic E-state index is 0.220. The molecule has 2 rings (SSSR count). The summed E-state index contributed by atoms with van der Waals surface area (Å²) >= 11 is 0. The van der Waals surface area contributed by atoms with Gasteiger partial charge in [-0.3, -0.25) is 0 Å². The normalized spacial score (nSPS) is 9.95. The lowest BCUT2D eigenvalue weighted by Crippen LogP contribution is -2.04. The van der Waals surface area contributed by atoms with E-state index in [1.54, 1.807) is 12.1 Å². The Kier molecular flexibility index (Phi) is 3.97. The van der Waals surface area contributed by atoms with Crippen molar-refractivity contribution < 1.29 is 14.3 Å². The fourth-order valence-electron chi connectivity index (χ4n) is 1.50. The lowest BCUT2D eigenvalue weighted by Gasteiger charge is -2.07. The van der Waals surface area contributed by atoms with Crippen LogP contribution in [0.4, 0.5) is 5.69 Å². The lowest BCUT2D eigenvalue weighted by atomic mass is 10.2. The number of hydrogen-bond acceptors (Lipinski definition) is 5. The van der Waals surface area contributed by atoms with Gasteiger partial charge in [0.25, 0.3) is 0 Å². The summed E-state index contributed by atoms with van der Waals surface area (Å²) < 4.78 is 10.2. The zero-order valence-electron chi connectivity index (χ0n) is 10.5. The van der Waals surface area contributed by atoms with Crippen molar-refractivity contribution in [3.05, 3.63) is 53.9 Å². The number of carbonyl (C=O) groups is 1. The van der Waals surface area contributed by atoms with Crippen LogP contribution in [0.3, 0.4) is 0 Å². The number of nitrogens with two attached hydrogens (primary N) is 1. The molecule has 5 nitrogen and oxygen atoms in total. The number of benzene rings is 1. The molecule has 0 radical (unpaired) electrons. The second kappa shape index (κ2) is 5.86. The first-order valence-electron chi connectivity index (χ1n) is 5.70. The molecule has 0 bridgehead atoms. The number of carbonyl (C=O) groups excluding carboxylic acids is 1. The van der Waals surface area contributed by atoms with Crippen LogP contribution < -0.4 is 10.5 Å². The first-order valence-corrected chi connectivity index (χ1v) is 5.70. The average Bonchev–Trinajstić information content (AvgIpc) is 2.46. The number of hydrogen-bond donors (Lipinski definition) is 1. The van der Waals surface area contributed by atoms with Crippen LogP contribution in [0, 0.1) is 0 Å². The summed E-state index contributed by atoms with van der Waals surface area (Å²) in [6.45, 7) is 0.394. The van der Waals surface area contributed by atoms with Crippen molar-refractivity contribution in [2.24, 2.45) is 0 Å². The second-order valence-corrected chi connectivity index (χ2v) is 3.90. The van der Waals surface area contributed by atoms with Gasteiger partial charge in [0, 0.05) is 18.0 Å². The van der Waals surface area contributed by atoms with Gasteiger partial charge in [-0.05, 0) is 23.8 Å². The van der Waals surface area contributed by atoms with Crippen LogP contribution in [0.2, 0.25) is 0 Å². The fraction of sp³-hybridized carbons (Fsp3) is 0.143. The van der Waals surface area contributed by atoms with Crippen molar-refractivity contribution in [1.82, 2.24) is 4.98 Å². The fourth-order valence-corrected chi connectivity index (χ4v) is 1.50. The Morgan fingerprint density at radius 1 is 1.26 bits per heavy atom. The van der Waals surface area contributed by atoms with Gasteiger partial charge in [0.2, 0.25) is 0 Å². The van der Waals surface area contributed by atoms with Gasteiger partial charge in [0.1, 0.15) is 12.4 Å². The van der Waals surface area contributed by atoms with E-state index in [4.69, 9.17) is 10.5 Å². The molecule has 0 aliphatic heterocycles. The minimum atomic E-state index is -0.488. The van der Waals surface area contributed by atoms with E-state index < -0.39 is 5.97 Å². The number of rotatable bonds is 4. The quantitative estimate of drug-likeness (QED) is 0.671. The second-order valence-electron chi connectivity index (χ2n) is 3.90. The van der Waals surface area contributed by atoms with Crippen molar-refractivity contribution >= 4 is 11.7 Å². The molecule has 0 spiro atoms. The molecule has 0 aliphatic carbocycles. The molecule has 1 heterocycles. The van der Waals surface area contributed by atoms with Gasteiger partial charge in [-0.1, -0.05) is 12.1 Å². The Morgan fingerprint density at radius 3 is 2.68 bits per heavy atom. The van der Waals surface area contributed by atoms with Gasteiger partial charge in [-0.15, -0.1) is 0 Å². The van der Waals surface area contributed by atoms with Gasteiger partial charge in [-0.25, -0.2) is 9.78 Å². The first kappa shape index (κ1) is 12.9. The van der Waals surface area contributed by atoms with E-state index in [9.17, 15) is 4.79 Å². The van der Waals surface area contributed by atoms with E-state index in [-0.39, 0.29) is 5.69 Å². The van der Waals surface area contributed by atoms with Crippen LogP contribution in [0.1, 0.15) is 16.1 Å². The maximum absolute atomic E-state index is 11.3. The number of pyridine rings is 1. The Bertz CT molecular complexity index is 567. The predicted molar refractivity (Wildman–Crippen MR) is 70.8 cm³/mol. The Balaban J connectivity index is 2.03. The largest absolute Gasteiger partial charge is 0.489 e. The summed E-state index contributed by atoms with van der Waals surface area (Å²) in [6.07, 6.45) is 1.50. The smallest absolute Gasteiger partial charge is 0.356 e. The van der Waals surface area contributed by atoms with Gasteiger partial charge in [0.15, 0.2) is 5.69 Å². The number of esters is 1. The van der Waals surface area contributed by atoms with Crippen LogP contribution in [0.15, 0.2) is 42.6 Å². The number of methoxy groups -OCH3 is 1. The molecule has 1 aromatic heterocycles.